The fraction of sp³-hybridized carbons (Fsp3) is 0.455. The van der Waals surface area contributed by atoms with E-state index >= 15 is 0 Å². The summed E-state index contributed by atoms with van der Waals surface area (Å²) in [5, 5.41) is 0.620. The zero-order valence-electron chi connectivity index (χ0n) is 9.85. The maximum atomic E-state index is 11.9. The molecule has 0 bridgehead atoms. The van der Waals surface area contributed by atoms with Crippen molar-refractivity contribution in [2.45, 2.75) is 13.5 Å². The first-order chi connectivity index (χ1) is 7.91. The number of nitrogens with zero attached hydrogens (tertiary/aromatic N) is 2. The molecule has 0 spiro atoms. The van der Waals surface area contributed by atoms with E-state index in [9.17, 15) is 8.42 Å². The van der Waals surface area contributed by atoms with E-state index in [0.29, 0.717) is 24.7 Å². The van der Waals surface area contributed by atoms with Gasteiger partial charge in [0.2, 0.25) is 0 Å². The molecule has 4 nitrogen and oxygen atoms in total. The molecule has 0 amide bonds. The molecule has 6 heteroatoms. The van der Waals surface area contributed by atoms with Crippen molar-refractivity contribution in [3.8, 4) is 0 Å². The lowest BCUT2D eigenvalue weighted by Gasteiger charge is -2.16. The van der Waals surface area contributed by atoms with Gasteiger partial charge < -0.3 is 0 Å². The maximum absolute atomic E-state index is 11.9. The average molecular weight is 275 g/mol. The molecule has 1 aliphatic rings. The first-order valence-corrected chi connectivity index (χ1v) is 7.15. The van der Waals surface area contributed by atoms with E-state index in [0.717, 1.165) is 11.1 Å². The largest absolute Gasteiger partial charge is 0.282 e. The molecule has 2 rings (SSSR count). The second-order valence-electron chi connectivity index (χ2n) is 4.26. The molecular formula is C11H15ClN2O2S. The Balaban J connectivity index is 2.22. The Bertz CT molecular complexity index is 530. The van der Waals surface area contributed by atoms with Gasteiger partial charge in [-0.3, -0.25) is 0 Å². The molecule has 94 valence electrons. The lowest BCUT2D eigenvalue weighted by atomic mass is 10.1. The summed E-state index contributed by atoms with van der Waals surface area (Å²) in [7, 11) is -1.69. The molecule has 0 radical (unpaired) electrons. The molecule has 0 atom stereocenters. The first kappa shape index (κ1) is 12.8. The monoisotopic (exact) mass is 274 g/mol. The number of likely N-dealkylation sites (N-methyl/N-ethyl adjacent to an activating group) is 1. The molecule has 17 heavy (non-hydrogen) atoms. The summed E-state index contributed by atoms with van der Waals surface area (Å²) in [5.74, 6) is 0. The topological polar surface area (TPSA) is 40.6 Å². The second-order valence-corrected chi connectivity index (χ2v) is 6.70. The molecule has 1 saturated heterocycles. The minimum Gasteiger partial charge on any atom is -0.195 e. The predicted octanol–water partition coefficient (Wildman–Crippen LogP) is 1.64. The molecule has 0 saturated carbocycles. The lowest BCUT2D eigenvalue weighted by Crippen LogP contribution is -2.30. The second kappa shape index (κ2) is 4.57. The van der Waals surface area contributed by atoms with E-state index < -0.39 is 10.2 Å². The molecule has 1 aromatic carbocycles. The van der Waals surface area contributed by atoms with Gasteiger partial charge in [-0.25, -0.2) is 0 Å². The number of halogens is 1. The highest BCUT2D eigenvalue weighted by Gasteiger charge is 2.33. The zero-order valence-corrected chi connectivity index (χ0v) is 11.4. The summed E-state index contributed by atoms with van der Waals surface area (Å²) in [5.41, 5.74) is 1.91. The van der Waals surface area contributed by atoms with Crippen LogP contribution in [0, 0.1) is 6.92 Å². The van der Waals surface area contributed by atoms with Crippen molar-refractivity contribution in [1.29, 1.82) is 0 Å². The van der Waals surface area contributed by atoms with Crippen LogP contribution in [0.2, 0.25) is 5.02 Å². The van der Waals surface area contributed by atoms with Crippen molar-refractivity contribution in [3.05, 3.63) is 34.3 Å². The molecule has 0 N–H and O–H groups in total. The SMILES string of the molecule is Cc1ccc(CN2CCN(C)S2(=O)=O)c(Cl)c1. The van der Waals surface area contributed by atoms with Crippen LogP contribution in [0.1, 0.15) is 11.1 Å². The molecule has 1 heterocycles. The average Bonchev–Trinajstić information content (AvgIpc) is 2.48. The quantitative estimate of drug-likeness (QED) is 0.823. The van der Waals surface area contributed by atoms with Gasteiger partial charge in [0.1, 0.15) is 0 Å². The van der Waals surface area contributed by atoms with E-state index in [2.05, 4.69) is 0 Å². The van der Waals surface area contributed by atoms with E-state index in [4.69, 9.17) is 11.6 Å². The van der Waals surface area contributed by atoms with Crippen LogP contribution < -0.4 is 0 Å². The van der Waals surface area contributed by atoms with Crippen LogP contribution in [0.3, 0.4) is 0 Å². The maximum Gasteiger partial charge on any atom is 0.282 e. The third-order valence-electron chi connectivity index (χ3n) is 2.94. The van der Waals surface area contributed by atoms with Crippen LogP contribution in [0.5, 0.6) is 0 Å². The number of rotatable bonds is 2. The standard InChI is InChI=1S/C11H15ClN2O2S/c1-9-3-4-10(11(12)7-9)8-14-6-5-13(2)17(14,15)16/h3-4,7H,5-6,8H2,1-2H3. The Kier molecular flexibility index (Phi) is 3.45. The van der Waals surface area contributed by atoms with Crippen molar-refractivity contribution in [1.82, 2.24) is 8.61 Å². The van der Waals surface area contributed by atoms with Gasteiger partial charge in [-0.15, -0.1) is 0 Å². The Morgan fingerprint density at radius 3 is 2.59 bits per heavy atom. The van der Waals surface area contributed by atoms with Crippen molar-refractivity contribution in [2.75, 3.05) is 20.1 Å². The lowest BCUT2D eigenvalue weighted by molar-refractivity contribution is 0.445. The molecule has 0 aromatic heterocycles. The number of hydrogen-bond acceptors (Lipinski definition) is 2. The Morgan fingerprint density at radius 1 is 1.35 bits per heavy atom. The molecule has 1 aliphatic heterocycles. The Hall–Kier alpha value is -0.620. The van der Waals surface area contributed by atoms with Gasteiger partial charge in [0.15, 0.2) is 0 Å². The molecule has 0 unspecified atom stereocenters. The third-order valence-corrected chi connectivity index (χ3v) is 5.23. The number of benzene rings is 1. The fourth-order valence-corrected chi connectivity index (χ4v) is 3.43. The minimum absolute atomic E-state index is 0.339. The van der Waals surface area contributed by atoms with Gasteiger partial charge in [-0.2, -0.15) is 17.0 Å². The van der Waals surface area contributed by atoms with E-state index in [-0.39, 0.29) is 0 Å². The summed E-state index contributed by atoms with van der Waals surface area (Å²) in [6.07, 6.45) is 0. The van der Waals surface area contributed by atoms with Gasteiger partial charge in [0.25, 0.3) is 10.2 Å². The van der Waals surface area contributed by atoms with Gasteiger partial charge in [0.05, 0.1) is 0 Å². The predicted molar refractivity (Wildman–Crippen MR) is 68.1 cm³/mol. The van der Waals surface area contributed by atoms with Crippen LogP contribution >= 0.6 is 11.6 Å². The summed E-state index contributed by atoms with van der Waals surface area (Å²) in [6, 6.07) is 5.67. The highest BCUT2D eigenvalue weighted by Crippen LogP contribution is 2.23. The highest BCUT2D eigenvalue weighted by atomic mass is 35.5. The van der Waals surface area contributed by atoms with Crippen molar-refractivity contribution < 1.29 is 8.42 Å². The normalized spacial score (nSPS) is 20.9. The van der Waals surface area contributed by atoms with Crippen LogP contribution in [0.25, 0.3) is 0 Å². The van der Waals surface area contributed by atoms with Crippen molar-refractivity contribution in [3.63, 3.8) is 0 Å². The van der Waals surface area contributed by atoms with Crippen molar-refractivity contribution in [2.24, 2.45) is 0 Å². The Morgan fingerprint density at radius 2 is 2.06 bits per heavy atom. The number of aryl methyl sites for hydroxylation is 1. The first-order valence-electron chi connectivity index (χ1n) is 5.37. The van der Waals surface area contributed by atoms with Crippen LogP contribution in [-0.2, 0) is 16.8 Å². The summed E-state index contributed by atoms with van der Waals surface area (Å²) >= 11 is 6.10. The van der Waals surface area contributed by atoms with Gasteiger partial charge >= 0.3 is 0 Å². The van der Waals surface area contributed by atoms with Gasteiger partial charge in [-0.1, -0.05) is 23.7 Å². The molecular weight excluding hydrogens is 260 g/mol. The van der Waals surface area contributed by atoms with Crippen LogP contribution in [0.4, 0.5) is 0 Å². The summed E-state index contributed by atoms with van der Waals surface area (Å²) in [4.78, 5) is 0. The summed E-state index contributed by atoms with van der Waals surface area (Å²) < 4.78 is 26.6. The molecule has 0 aliphatic carbocycles. The number of hydrogen-bond donors (Lipinski definition) is 0. The van der Waals surface area contributed by atoms with Crippen molar-refractivity contribution >= 4 is 21.8 Å². The van der Waals surface area contributed by atoms with Gasteiger partial charge in [0, 0.05) is 31.7 Å². The third kappa shape index (κ3) is 2.47. The molecule has 1 fully saturated rings. The fourth-order valence-electron chi connectivity index (χ4n) is 1.81. The van der Waals surface area contributed by atoms with E-state index in [1.165, 1.54) is 8.61 Å². The summed E-state index contributed by atoms with van der Waals surface area (Å²) in [6.45, 7) is 3.34. The molecule has 1 aromatic rings. The highest BCUT2D eigenvalue weighted by molar-refractivity contribution is 7.86. The zero-order chi connectivity index (χ0) is 12.6. The van der Waals surface area contributed by atoms with Crippen LogP contribution in [-0.4, -0.2) is 37.2 Å². The van der Waals surface area contributed by atoms with Crippen LogP contribution in [0.15, 0.2) is 18.2 Å². The Labute approximate surface area is 107 Å². The van der Waals surface area contributed by atoms with E-state index in [1.54, 1.807) is 7.05 Å². The van der Waals surface area contributed by atoms with Gasteiger partial charge in [-0.05, 0) is 24.1 Å². The van der Waals surface area contributed by atoms with E-state index in [1.807, 2.05) is 25.1 Å². The minimum atomic E-state index is -3.28. The smallest absolute Gasteiger partial charge is 0.195 e.